The molecule has 0 amide bonds. The van der Waals surface area contributed by atoms with Gasteiger partial charge in [0.2, 0.25) is 0 Å². The lowest BCUT2D eigenvalue weighted by Crippen LogP contribution is -2.29. The van der Waals surface area contributed by atoms with Crippen molar-refractivity contribution in [2.24, 2.45) is 7.05 Å². The first-order valence-electron chi connectivity index (χ1n) is 5.59. The zero-order valence-electron chi connectivity index (χ0n) is 10.8. The number of aromatic nitrogens is 4. The van der Waals surface area contributed by atoms with Crippen LogP contribution in [0.2, 0.25) is 0 Å². The number of aryl methyl sites for hydroxylation is 1. The minimum atomic E-state index is -0.562. The van der Waals surface area contributed by atoms with E-state index in [0.29, 0.717) is 0 Å². The molecule has 98 valence electrons. The van der Waals surface area contributed by atoms with Crippen molar-refractivity contribution in [3.63, 3.8) is 0 Å². The highest BCUT2D eigenvalue weighted by Crippen LogP contribution is 2.09. The highest BCUT2D eigenvalue weighted by Gasteiger charge is 2.15. The Labute approximate surface area is 113 Å². The summed E-state index contributed by atoms with van der Waals surface area (Å²) in [6.07, 6.45) is 0. The zero-order valence-corrected chi connectivity index (χ0v) is 10.8. The molecule has 0 aliphatic heterocycles. The van der Waals surface area contributed by atoms with Gasteiger partial charge in [-0.15, -0.1) is 5.92 Å². The molecule has 0 bridgehead atoms. The SMILES string of the molecule is CC#CCn1c(C#CC#N)nc2c1c(=O)[nH]c(=O)n2C. The lowest BCUT2D eigenvalue weighted by atomic mass is 10.4. The van der Waals surface area contributed by atoms with Crippen molar-refractivity contribution in [1.29, 1.82) is 5.26 Å². The van der Waals surface area contributed by atoms with Crippen molar-refractivity contribution >= 4 is 11.2 Å². The zero-order chi connectivity index (χ0) is 14.7. The second kappa shape index (κ2) is 5.17. The fourth-order valence-corrected chi connectivity index (χ4v) is 1.73. The van der Waals surface area contributed by atoms with Gasteiger partial charge in [-0.2, -0.15) is 5.26 Å². The molecule has 0 aliphatic carbocycles. The Morgan fingerprint density at radius 3 is 2.80 bits per heavy atom. The minimum Gasteiger partial charge on any atom is -0.299 e. The summed E-state index contributed by atoms with van der Waals surface area (Å²) in [6.45, 7) is 1.86. The van der Waals surface area contributed by atoms with Gasteiger partial charge in [0.05, 0.1) is 6.54 Å². The Kier molecular flexibility index (Phi) is 3.41. The van der Waals surface area contributed by atoms with E-state index in [0.717, 1.165) is 0 Å². The van der Waals surface area contributed by atoms with E-state index in [-0.39, 0.29) is 23.5 Å². The monoisotopic (exact) mass is 267 g/mol. The molecule has 2 aromatic heterocycles. The van der Waals surface area contributed by atoms with E-state index in [4.69, 9.17) is 5.26 Å². The maximum absolute atomic E-state index is 11.9. The van der Waals surface area contributed by atoms with Crippen LogP contribution in [0, 0.1) is 35.0 Å². The Morgan fingerprint density at radius 1 is 1.40 bits per heavy atom. The summed E-state index contributed by atoms with van der Waals surface area (Å²) < 4.78 is 2.69. The van der Waals surface area contributed by atoms with Gasteiger partial charge in [0.15, 0.2) is 23.1 Å². The normalized spacial score (nSPS) is 9.25. The van der Waals surface area contributed by atoms with Crippen LogP contribution in [-0.2, 0) is 13.6 Å². The van der Waals surface area contributed by atoms with Crippen LogP contribution < -0.4 is 11.2 Å². The fraction of sp³-hybridized carbons (Fsp3) is 0.231. The van der Waals surface area contributed by atoms with Crippen molar-refractivity contribution in [1.82, 2.24) is 19.1 Å². The Hall–Kier alpha value is -3.24. The number of nitrogens with zero attached hydrogens (tertiary/aromatic N) is 4. The van der Waals surface area contributed by atoms with E-state index in [2.05, 4.69) is 33.6 Å². The smallest absolute Gasteiger partial charge is 0.299 e. The third-order valence-electron chi connectivity index (χ3n) is 2.65. The molecule has 0 fully saturated rings. The van der Waals surface area contributed by atoms with Crippen LogP contribution in [0.5, 0.6) is 0 Å². The molecule has 0 aliphatic rings. The molecule has 2 aromatic rings. The average molecular weight is 267 g/mol. The molecule has 1 N–H and O–H groups in total. The molecule has 0 saturated heterocycles. The van der Waals surface area contributed by atoms with Crippen molar-refractivity contribution in [2.75, 3.05) is 0 Å². The third-order valence-corrected chi connectivity index (χ3v) is 2.65. The first kappa shape index (κ1) is 13.2. The number of fused-ring (bicyclic) bond motifs is 1. The number of hydrogen-bond donors (Lipinski definition) is 1. The van der Waals surface area contributed by atoms with Gasteiger partial charge >= 0.3 is 5.69 Å². The van der Waals surface area contributed by atoms with Crippen molar-refractivity contribution < 1.29 is 0 Å². The number of imidazole rings is 1. The summed E-state index contributed by atoms with van der Waals surface area (Å²) in [5, 5.41) is 8.51. The first-order chi connectivity index (χ1) is 9.60. The summed E-state index contributed by atoms with van der Waals surface area (Å²) in [7, 11) is 1.49. The Balaban J connectivity index is 2.93. The number of nitriles is 1. The van der Waals surface area contributed by atoms with E-state index in [1.807, 2.05) is 0 Å². The van der Waals surface area contributed by atoms with Gasteiger partial charge in [-0.05, 0) is 12.8 Å². The number of rotatable bonds is 1. The summed E-state index contributed by atoms with van der Waals surface area (Å²) in [6, 6.07) is 1.68. The van der Waals surface area contributed by atoms with E-state index < -0.39 is 11.2 Å². The number of H-pyrrole nitrogens is 1. The lowest BCUT2D eigenvalue weighted by molar-refractivity contribution is 0.821. The van der Waals surface area contributed by atoms with Crippen molar-refractivity contribution in [2.45, 2.75) is 13.5 Å². The highest BCUT2D eigenvalue weighted by molar-refractivity contribution is 5.72. The molecule has 20 heavy (non-hydrogen) atoms. The van der Waals surface area contributed by atoms with Gasteiger partial charge < -0.3 is 0 Å². The van der Waals surface area contributed by atoms with Crippen LogP contribution in [-0.4, -0.2) is 19.1 Å². The molecule has 7 nitrogen and oxygen atoms in total. The quantitative estimate of drug-likeness (QED) is 0.692. The fourth-order valence-electron chi connectivity index (χ4n) is 1.73. The number of hydrogen-bond acceptors (Lipinski definition) is 4. The standard InChI is InChI=1S/C13H9N5O2/c1-3-4-8-18-9(6-5-7-14)15-11-10(18)12(19)16-13(20)17(11)2/h8H2,1-2H3,(H,16,19,20). The van der Waals surface area contributed by atoms with Crippen LogP contribution >= 0.6 is 0 Å². The van der Waals surface area contributed by atoms with E-state index in [1.54, 1.807) is 13.0 Å². The second-order valence-electron chi connectivity index (χ2n) is 3.80. The van der Waals surface area contributed by atoms with Crippen molar-refractivity contribution in [3.8, 4) is 29.8 Å². The predicted octanol–water partition coefficient (Wildman–Crippen LogP) is -0.678. The average Bonchev–Trinajstić information content (AvgIpc) is 2.79. The molecule has 0 radical (unpaired) electrons. The Morgan fingerprint density at radius 2 is 2.15 bits per heavy atom. The molecule has 2 heterocycles. The van der Waals surface area contributed by atoms with E-state index in [9.17, 15) is 9.59 Å². The molecular formula is C13H9N5O2. The van der Waals surface area contributed by atoms with E-state index in [1.165, 1.54) is 16.2 Å². The molecule has 0 spiro atoms. The summed E-state index contributed by atoms with van der Waals surface area (Å²) in [4.78, 5) is 29.8. The van der Waals surface area contributed by atoms with Crippen LogP contribution in [0.25, 0.3) is 11.2 Å². The molecule has 2 rings (SSSR count). The van der Waals surface area contributed by atoms with E-state index >= 15 is 0 Å². The van der Waals surface area contributed by atoms with Gasteiger partial charge in [-0.1, -0.05) is 5.92 Å². The van der Waals surface area contributed by atoms with Crippen LogP contribution in [0.1, 0.15) is 12.7 Å². The van der Waals surface area contributed by atoms with Crippen molar-refractivity contribution in [3.05, 3.63) is 26.7 Å². The molecule has 0 aromatic carbocycles. The minimum absolute atomic E-state index is 0.198. The highest BCUT2D eigenvalue weighted by atomic mass is 16.2. The predicted molar refractivity (Wildman–Crippen MR) is 71.5 cm³/mol. The second-order valence-corrected chi connectivity index (χ2v) is 3.80. The van der Waals surface area contributed by atoms with Gasteiger partial charge in [0.25, 0.3) is 5.56 Å². The van der Waals surface area contributed by atoms with Gasteiger partial charge in [-0.25, -0.2) is 9.78 Å². The summed E-state index contributed by atoms with van der Waals surface area (Å²) >= 11 is 0. The van der Waals surface area contributed by atoms with Gasteiger partial charge in [0.1, 0.15) is 0 Å². The Bertz CT molecular complexity index is 961. The first-order valence-corrected chi connectivity index (χ1v) is 5.59. The molecular weight excluding hydrogens is 258 g/mol. The molecule has 7 heteroatoms. The maximum Gasteiger partial charge on any atom is 0.329 e. The topological polar surface area (TPSA) is 96.5 Å². The van der Waals surface area contributed by atoms with Crippen LogP contribution in [0.4, 0.5) is 0 Å². The third kappa shape index (κ3) is 2.07. The van der Waals surface area contributed by atoms with Crippen LogP contribution in [0.15, 0.2) is 9.59 Å². The molecule has 0 atom stereocenters. The summed E-state index contributed by atoms with van der Waals surface area (Å²) in [5.74, 6) is 10.5. The van der Waals surface area contributed by atoms with Gasteiger partial charge in [-0.3, -0.25) is 18.9 Å². The molecule has 0 unspecified atom stereocenters. The molecule has 0 saturated carbocycles. The summed E-state index contributed by atoms with van der Waals surface area (Å²) in [5.41, 5.74) is -0.706. The largest absolute Gasteiger partial charge is 0.329 e. The maximum atomic E-state index is 11.9. The number of aromatic amines is 1. The lowest BCUT2D eigenvalue weighted by Gasteiger charge is -2.00. The number of nitrogens with one attached hydrogen (secondary N) is 1. The van der Waals surface area contributed by atoms with Crippen LogP contribution in [0.3, 0.4) is 0 Å². The van der Waals surface area contributed by atoms with Gasteiger partial charge in [0, 0.05) is 13.0 Å².